The van der Waals surface area contributed by atoms with Crippen LogP contribution in [0.2, 0.25) is 0 Å². The van der Waals surface area contributed by atoms with E-state index in [0.717, 1.165) is 30.9 Å². The smallest absolute Gasteiger partial charge is 0.163 e. The van der Waals surface area contributed by atoms with Crippen molar-refractivity contribution in [3.63, 3.8) is 0 Å². The average Bonchev–Trinajstić information content (AvgIpc) is 2.69. The van der Waals surface area contributed by atoms with E-state index in [1.165, 1.54) is 0 Å². The van der Waals surface area contributed by atoms with Gasteiger partial charge >= 0.3 is 0 Å². The van der Waals surface area contributed by atoms with E-state index in [1.807, 2.05) is 10.5 Å². The number of hydrogen-bond donors (Lipinski definition) is 1. The predicted octanol–water partition coefficient (Wildman–Crippen LogP) is 0.967. The van der Waals surface area contributed by atoms with Crippen LogP contribution in [-0.2, 0) is 0 Å². The first-order chi connectivity index (χ1) is 7.33. The van der Waals surface area contributed by atoms with Gasteiger partial charge in [0, 0.05) is 18.2 Å². The molecule has 0 radical (unpaired) electrons. The highest BCUT2D eigenvalue weighted by Gasteiger charge is 2.12. The van der Waals surface area contributed by atoms with Crippen molar-refractivity contribution >= 4 is 5.65 Å². The average molecular weight is 205 g/mol. The summed E-state index contributed by atoms with van der Waals surface area (Å²) in [6, 6.07) is 1.85. The van der Waals surface area contributed by atoms with Gasteiger partial charge in [-0.05, 0) is 19.4 Å². The van der Waals surface area contributed by atoms with Crippen LogP contribution in [0.15, 0.2) is 18.6 Å². The van der Waals surface area contributed by atoms with Crippen molar-refractivity contribution in [1.29, 1.82) is 0 Å². The van der Waals surface area contributed by atoms with Gasteiger partial charge in [-0.15, -0.1) is 10.2 Å². The van der Waals surface area contributed by atoms with Gasteiger partial charge in [0.1, 0.15) is 12.2 Å². The molecule has 2 aromatic heterocycles. The third-order valence-electron chi connectivity index (χ3n) is 2.52. The summed E-state index contributed by atoms with van der Waals surface area (Å²) in [5.41, 5.74) is 6.33. The van der Waals surface area contributed by atoms with Gasteiger partial charge in [0.25, 0.3) is 0 Å². The predicted molar refractivity (Wildman–Crippen MR) is 57.5 cm³/mol. The third kappa shape index (κ3) is 1.97. The zero-order valence-electron chi connectivity index (χ0n) is 8.80. The van der Waals surface area contributed by atoms with Crippen molar-refractivity contribution in [2.75, 3.05) is 6.54 Å². The standard InChI is InChI=1S/C10H15N5/c1-8(3-2-5-11)10-14-13-9-4-6-12-7-15(9)10/h4,6-8H,2-3,5,11H2,1H3. The summed E-state index contributed by atoms with van der Waals surface area (Å²) in [4.78, 5) is 4.07. The second-order valence-electron chi connectivity index (χ2n) is 3.70. The lowest BCUT2D eigenvalue weighted by molar-refractivity contribution is 0.602. The number of rotatable bonds is 4. The molecule has 0 aromatic carbocycles. The molecule has 0 bridgehead atoms. The molecule has 1 unspecified atom stereocenters. The van der Waals surface area contributed by atoms with Gasteiger partial charge in [-0.2, -0.15) is 0 Å². The molecule has 0 aliphatic rings. The van der Waals surface area contributed by atoms with Crippen LogP contribution in [0.1, 0.15) is 31.5 Å². The Labute approximate surface area is 88.3 Å². The minimum absolute atomic E-state index is 0.368. The molecule has 0 amide bonds. The molecule has 0 aliphatic heterocycles. The first-order valence-electron chi connectivity index (χ1n) is 5.17. The van der Waals surface area contributed by atoms with Crippen LogP contribution >= 0.6 is 0 Å². The van der Waals surface area contributed by atoms with E-state index in [2.05, 4.69) is 22.1 Å². The number of fused-ring (bicyclic) bond motifs is 1. The second-order valence-corrected chi connectivity index (χ2v) is 3.70. The molecular formula is C10H15N5. The number of aromatic nitrogens is 4. The van der Waals surface area contributed by atoms with Gasteiger partial charge in [-0.1, -0.05) is 6.92 Å². The quantitative estimate of drug-likeness (QED) is 0.807. The van der Waals surface area contributed by atoms with Gasteiger partial charge in [0.05, 0.1) is 0 Å². The van der Waals surface area contributed by atoms with Crippen LogP contribution in [0.3, 0.4) is 0 Å². The molecule has 0 saturated carbocycles. The maximum Gasteiger partial charge on any atom is 0.163 e. The van der Waals surface area contributed by atoms with Crippen molar-refractivity contribution < 1.29 is 0 Å². The molecule has 5 heteroatoms. The van der Waals surface area contributed by atoms with Crippen molar-refractivity contribution in [3.05, 3.63) is 24.4 Å². The molecule has 2 N–H and O–H groups in total. The fraction of sp³-hybridized carbons (Fsp3) is 0.500. The molecule has 0 spiro atoms. The summed E-state index contributed by atoms with van der Waals surface area (Å²) in [6.45, 7) is 2.86. The van der Waals surface area contributed by atoms with E-state index in [1.54, 1.807) is 12.5 Å². The van der Waals surface area contributed by atoms with E-state index in [4.69, 9.17) is 5.73 Å². The molecule has 2 rings (SSSR count). The molecule has 2 aromatic rings. The van der Waals surface area contributed by atoms with Gasteiger partial charge in [0.15, 0.2) is 5.65 Å². The fourth-order valence-corrected chi connectivity index (χ4v) is 1.65. The lowest BCUT2D eigenvalue weighted by atomic mass is 10.1. The topological polar surface area (TPSA) is 69.1 Å². The summed E-state index contributed by atoms with van der Waals surface area (Å²) < 4.78 is 1.93. The van der Waals surface area contributed by atoms with Gasteiger partial charge in [0.2, 0.25) is 0 Å². The summed E-state index contributed by atoms with van der Waals surface area (Å²) in [5.74, 6) is 1.33. The zero-order chi connectivity index (χ0) is 10.7. The Hall–Kier alpha value is -1.49. The van der Waals surface area contributed by atoms with E-state index >= 15 is 0 Å². The summed E-state index contributed by atoms with van der Waals surface area (Å²) >= 11 is 0. The summed E-state index contributed by atoms with van der Waals surface area (Å²) in [5, 5.41) is 8.27. The lowest BCUT2D eigenvalue weighted by Gasteiger charge is -2.07. The molecular weight excluding hydrogens is 190 g/mol. The highest BCUT2D eigenvalue weighted by Crippen LogP contribution is 2.18. The molecule has 5 nitrogen and oxygen atoms in total. The molecule has 1 atom stereocenters. The molecule has 0 fully saturated rings. The van der Waals surface area contributed by atoms with Crippen molar-refractivity contribution in [2.45, 2.75) is 25.7 Å². The van der Waals surface area contributed by atoms with E-state index in [-0.39, 0.29) is 0 Å². The van der Waals surface area contributed by atoms with Crippen LogP contribution in [0.4, 0.5) is 0 Å². The molecule has 15 heavy (non-hydrogen) atoms. The molecule has 0 aliphatic carbocycles. The lowest BCUT2D eigenvalue weighted by Crippen LogP contribution is -2.05. The molecule has 0 saturated heterocycles. The highest BCUT2D eigenvalue weighted by molar-refractivity contribution is 5.35. The Bertz CT molecular complexity index is 436. The van der Waals surface area contributed by atoms with Crippen LogP contribution in [0.5, 0.6) is 0 Å². The maximum absolute atomic E-state index is 5.49. The maximum atomic E-state index is 5.49. The van der Waals surface area contributed by atoms with Gasteiger partial charge in [-0.3, -0.25) is 4.40 Å². The normalized spacial score (nSPS) is 13.2. The zero-order valence-corrected chi connectivity index (χ0v) is 8.80. The monoisotopic (exact) mass is 205 g/mol. The minimum atomic E-state index is 0.368. The number of nitrogens with zero attached hydrogens (tertiary/aromatic N) is 4. The molecule has 2 heterocycles. The largest absolute Gasteiger partial charge is 0.330 e. The number of nitrogens with two attached hydrogens (primary N) is 1. The van der Waals surface area contributed by atoms with Crippen molar-refractivity contribution in [1.82, 2.24) is 19.6 Å². The fourth-order valence-electron chi connectivity index (χ4n) is 1.65. The minimum Gasteiger partial charge on any atom is -0.330 e. The van der Waals surface area contributed by atoms with E-state index in [0.29, 0.717) is 5.92 Å². The Balaban J connectivity index is 2.27. The van der Waals surface area contributed by atoms with Gasteiger partial charge < -0.3 is 5.73 Å². The van der Waals surface area contributed by atoms with Crippen LogP contribution in [0, 0.1) is 0 Å². The van der Waals surface area contributed by atoms with Gasteiger partial charge in [-0.25, -0.2) is 4.98 Å². The third-order valence-corrected chi connectivity index (χ3v) is 2.52. The van der Waals surface area contributed by atoms with Crippen molar-refractivity contribution in [2.24, 2.45) is 5.73 Å². The molecule has 80 valence electrons. The SMILES string of the molecule is CC(CCCN)c1nnc2ccncn12. The van der Waals surface area contributed by atoms with Crippen LogP contribution < -0.4 is 5.73 Å². The Morgan fingerprint density at radius 3 is 3.13 bits per heavy atom. The summed E-state index contributed by atoms with van der Waals surface area (Å²) in [6.07, 6.45) is 5.52. The highest BCUT2D eigenvalue weighted by atomic mass is 15.3. The Kier molecular flexibility index (Phi) is 2.91. The van der Waals surface area contributed by atoms with E-state index < -0.39 is 0 Å². The second kappa shape index (κ2) is 4.35. The summed E-state index contributed by atoms with van der Waals surface area (Å²) in [7, 11) is 0. The number of hydrogen-bond acceptors (Lipinski definition) is 4. The first kappa shape index (κ1) is 10.0. The Morgan fingerprint density at radius 2 is 2.33 bits per heavy atom. The van der Waals surface area contributed by atoms with Crippen LogP contribution in [0.25, 0.3) is 5.65 Å². The van der Waals surface area contributed by atoms with Crippen molar-refractivity contribution in [3.8, 4) is 0 Å². The van der Waals surface area contributed by atoms with Crippen LogP contribution in [-0.4, -0.2) is 26.1 Å². The first-order valence-corrected chi connectivity index (χ1v) is 5.17. The Morgan fingerprint density at radius 1 is 1.47 bits per heavy atom. The van der Waals surface area contributed by atoms with E-state index in [9.17, 15) is 0 Å².